The van der Waals surface area contributed by atoms with Crippen molar-refractivity contribution in [2.45, 2.75) is 57.5 Å². The van der Waals surface area contributed by atoms with Gasteiger partial charge in [0.25, 0.3) is 5.56 Å². The van der Waals surface area contributed by atoms with Crippen LogP contribution < -0.4 is 10.9 Å². The van der Waals surface area contributed by atoms with Crippen molar-refractivity contribution in [3.63, 3.8) is 0 Å². The fourth-order valence-electron chi connectivity index (χ4n) is 5.51. The van der Waals surface area contributed by atoms with Gasteiger partial charge in [0, 0.05) is 64.3 Å². The van der Waals surface area contributed by atoms with Gasteiger partial charge >= 0.3 is 0 Å². The summed E-state index contributed by atoms with van der Waals surface area (Å²) >= 11 is 6.80. The number of halogens is 1. The van der Waals surface area contributed by atoms with Crippen LogP contribution in [0.4, 0.5) is 5.95 Å². The van der Waals surface area contributed by atoms with Gasteiger partial charge in [-0.15, -0.1) is 0 Å². The van der Waals surface area contributed by atoms with Gasteiger partial charge < -0.3 is 10.1 Å². The normalized spacial score (nSPS) is 16.9. The van der Waals surface area contributed by atoms with Crippen molar-refractivity contribution < 1.29 is 4.74 Å². The van der Waals surface area contributed by atoms with Crippen LogP contribution >= 0.6 is 11.6 Å². The molecule has 1 N–H and O–H groups in total. The summed E-state index contributed by atoms with van der Waals surface area (Å²) in [6.07, 6.45) is 7.82. The minimum atomic E-state index is -0.0570. The molecule has 37 heavy (non-hydrogen) atoms. The number of ether oxygens (including phenoxy) is 1. The fraction of sp³-hybridized carbons (Fsp3) is 0.379. The first kappa shape index (κ1) is 24.1. The Labute approximate surface area is 220 Å². The lowest BCUT2D eigenvalue weighted by Crippen LogP contribution is -2.29. The third-order valence-corrected chi connectivity index (χ3v) is 7.77. The molecule has 1 saturated heterocycles. The van der Waals surface area contributed by atoms with Gasteiger partial charge in [-0.25, -0.2) is 4.98 Å². The topological polar surface area (TPSA) is 81.9 Å². The molecular formula is C29H30ClN5O2. The molecule has 1 saturated carbocycles. The van der Waals surface area contributed by atoms with Gasteiger partial charge in [-0.05, 0) is 56.9 Å². The van der Waals surface area contributed by atoms with Crippen molar-refractivity contribution in [1.29, 1.82) is 0 Å². The van der Waals surface area contributed by atoms with Gasteiger partial charge in [-0.3, -0.25) is 14.3 Å². The lowest BCUT2D eigenvalue weighted by molar-refractivity contribution is 0.0903. The van der Waals surface area contributed by atoms with Crippen LogP contribution in [0.5, 0.6) is 0 Å². The molecule has 7 nitrogen and oxygen atoms in total. The third kappa shape index (κ3) is 4.86. The van der Waals surface area contributed by atoms with Crippen LogP contribution in [-0.2, 0) is 4.74 Å². The summed E-state index contributed by atoms with van der Waals surface area (Å²) in [4.78, 5) is 28.1. The number of hydrogen-bond acceptors (Lipinski definition) is 6. The van der Waals surface area contributed by atoms with Crippen molar-refractivity contribution in [1.82, 2.24) is 19.5 Å². The zero-order chi connectivity index (χ0) is 25.4. The standard InChI is InChI=1S/C29H30ClN5O2/c1-18-5-4-8-26(32-18)19-9-10-23(25(30)16-19)24-15-20-17-31-29(33-21-11-13-37-14-12-21)34-27(20)35(28(24)36)22-6-2-3-7-22/h4-5,8-10,15-17,21-22H,2-3,6-7,11-14H2,1H3,(H,31,33,34). The van der Waals surface area contributed by atoms with E-state index in [4.69, 9.17) is 21.3 Å². The first-order valence-corrected chi connectivity index (χ1v) is 13.4. The van der Waals surface area contributed by atoms with Crippen molar-refractivity contribution in [3.05, 3.63) is 69.7 Å². The van der Waals surface area contributed by atoms with E-state index in [1.54, 1.807) is 0 Å². The summed E-state index contributed by atoms with van der Waals surface area (Å²) in [5.74, 6) is 0.561. The van der Waals surface area contributed by atoms with Gasteiger partial charge in [0.15, 0.2) is 0 Å². The van der Waals surface area contributed by atoms with Crippen LogP contribution in [0.25, 0.3) is 33.4 Å². The number of nitrogens with zero attached hydrogens (tertiary/aromatic N) is 4. The minimum Gasteiger partial charge on any atom is -0.381 e. The molecule has 0 atom stereocenters. The van der Waals surface area contributed by atoms with Gasteiger partial charge in [-0.2, -0.15) is 4.98 Å². The van der Waals surface area contributed by atoms with Crippen LogP contribution in [-0.4, -0.2) is 38.8 Å². The van der Waals surface area contributed by atoms with E-state index >= 15 is 0 Å². The predicted octanol–water partition coefficient (Wildman–Crippen LogP) is 6.19. The quantitative estimate of drug-likeness (QED) is 0.341. The molecule has 8 heteroatoms. The molecule has 0 radical (unpaired) electrons. The van der Waals surface area contributed by atoms with Gasteiger partial charge in [0.1, 0.15) is 5.65 Å². The number of anilines is 1. The molecule has 4 aromatic rings. The maximum absolute atomic E-state index is 14.0. The number of aromatic nitrogens is 4. The summed E-state index contributed by atoms with van der Waals surface area (Å²) in [7, 11) is 0. The average molecular weight is 516 g/mol. The second-order valence-corrected chi connectivity index (χ2v) is 10.4. The van der Waals surface area contributed by atoms with E-state index in [2.05, 4.69) is 15.3 Å². The highest BCUT2D eigenvalue weighted by molar-refractivity contribution is 6.33. The summed E-state index contributed by atoms with van der Waals surface area (Å²) in [5, 5.41) is 4.80. The molecular weight excluding hydrogens is 486 g/mol. The Kier molecular flexibility index (Phi) is 6.65. The van der Waals surface area contributed by atoms with E-state index in [0.717, 1.165) is 74.1 Å². The smallest absolute Gasteiger partial charge is 0.260 e. The number of nitrogens with one attached hydrogen (secondary N) is 1. The van der Waals surface area contributed by atoms with E-state index in [9.17, 15) is 4.79 Å². The molecule has 3 aromatic heterocycles. The molecule has 2 aliphatic rings. The van der Waals surface area contributed by atoms with Crippen LogP contribution in [0.15, 0.2) is 53.5 Å². The number of benzene rings is 1. The Morgan fingerprint density at radius 3 is 2.57 bits per heavy atom. The summed E-state index contributed by atoms with van der Waals surface area (Å²) in [6.45, 7) is 3.44. The van der Waals surface area contributed by atoms with E-state index < -0.39 is 0 Å². The van der Waals surface area contributed by atoms with Crippen LogP contribution in [0, 0.1) is 6.92 Å². The van der Waals surface area contributed by atoms with Crippen molar-refractivity contribution in [2.75, 3.05) is 18.5 Å². The molecule has 2 fully saturated rings. The summed E-state index contributed by atoms with van der Waals surface area (Å²) in [6, 6.07) is 14.0. The lowest BCUT2D eigenvalue weighted by Gasteiger charge is -2.23. The number of pyridine rings is 2. The monoisotopic (exact) mass is 515 g/mol. The van der Waals surface area contributed by atoms with E-state index in [1.165, 1.54) is 0 Å². The molecule has 190 valence electrons. The van der Waals surface area contributed by atoms with E-state index in [-0.39, 0.29) is 17.6 Å². The van der Waals surface area contributed by atoms with E-state index in [0.29, 0.717) is 27.7 Å². The zero-order valence-electron chi connectivity index (χ0n) is 20.9. The third-order valence-electron chi connectivity index (χ3n) is 7.46. The highest BCUT2D eigenvalue weighted by Crippen LogP contribution is 2.35. The Bertz CT molecular complexity index is 1510. The maximum Gasteiger partial charge on any atom is 0.260 e. The first-order valence-electron chi connectivity index (χ1n) is 13.1. The van der Waals surface area contributed by atoms with Crippen molar-refractivity contribution in [3.8, 4) is 22.4 Å². The lowest BCUT2D eigenvalue weighted by atomic mass is 10.0. The van der Waals surface area contributed by atoms with Gasteiger partial charge in [0.05, 0.1) is 5.69 Å². The largest absolute Gasteiger partial charge is 0.381 e. The van der Waals surface area contributed by atoms with Crippen LogP contribution in [0.3, 0.4) is 0 Å². The average Bonchev–Trinajstić information content (AvgIpc) is 3.44. The van der Waals surface area contributed by atoms with Gasteiger partial charge in [0.2, 0.25) is 5.95 Å². The number of fused-ring (bicyclic) bond motifs is 1. The van der Waals surface area contributed by atoms with Crippen LogP contribution in [0.1, 0.15) is 50.3 Å². The van der Waals surface area contributed by atoms with E-state index in [1.807, 2.05) is 60.2 Å². The molecule has 1 aliphatic carbocycles. The highest BCUT2D eigenvalue weighted by Gasteiger charge is 2.24. The SMILES string of the molecule is Cc1cccc(-c2ccc(-c3cc4cnc(NC5CCOCC5)nc4n(C4CCCC4)c3=O)c(Cl)c2)n1. The molecule has 1 aliphatic heterocycles. The molecule has 0 unspecified atom stereocenters. The first-order chi connectivity index (χ1) is 18.1. The molecule has 0 spiro atoms. The summed E-state index contributed by atoms with van der Waals surface area (Å²) in [5.41, 5.74) is 4.62. The molecule has 6 rings (SSSR count). The van der Waals surface area contributed by atoms with Crippen LogP contribution in [0.2, 0.25) is 5.02 Å². The number of aryl methyl sites for hydroxylation is 1. The predicted molar refractivity (Wildman–Crippen MR) is 147 cm³/mol. The summed E-state index contributed by atoms with van der Waals surface area (Å²) < 4.78 is 7.36. The minimum absolute atomic E-state index is 0.0570. The highest BCUT2D eigenvalue weighted by atomic mass is 35.5. The number of rotatable bonds is 5. The molecule has 0 bridgehead atoms. The van der Waals surface area contributed by atoms with Gasteiger partial charge in [-0.1, -0.05) is 42.6 Å². The Balaban J connectivity index is 1.44. The Hall–Kier alpha value is -3.29. The molecule has 4 heterocycles. The second kappa shape index (κ2) is 10.2. The fourth-order valence-corrected chi connectivity index (χ4v) is 5.79. The zero-order valence-corrected chi connectivity index (χ0v) is 21.7. The Morgan fingerprint density at radius 1 is 1.00 bits per heavy atom. The Morgan fingerprint density at radius 2 is 1.81 bits per heavy atom. The van der Waals surface area contributed by atoms with Crippen molar-refractivity contribution in [2.24, 2.45) is 0 Å². The van der Waals surface area contributed by atoms with Crippen molar-refractivity contribution >= 4 is 28.6 Å². The second-order valence-electron chi connectivity index (χ2n) is 10.0. The maximum atomic E-state index is 14.0. The molecule has 0 amide bonds. The molecule has 1 aromatic carbocycles. The number of hydrogen-bond donors (Lipinski definition) is 1.